The van der Waals surface area contributed by atoms with Crippen molar-refractivity contribution >= 4 is 38.3 Å². The highest BCUT2D eigenvalue weighted by Gasteiger charge is 2.30. The van der Waals surface area contributed by atoms with Crippen LogP contribution in [-0.2, 0) is 4.79 Å². The van der Waals surface area contributed by atoms with Crippen molar-refractivity contribution < 1.29 is 4.79 Å². The summed E-state index contributed by atoms with van der Waals surface area (Å²) in [5.41, 5.74) is 5.10. The lowest BCUT2D eigenvalue weighted by Gasteiger charge is -2.38. The fraction of sp³-hybridized carbons (Fsp3) is 0.571. The first-order chi connectivity index (χ1) is 6.65. The molecule has 0 unspecified atom stereocenters. The number of carbonyl (C=O) groups is 1. The van der Waals surface area contributed by atoms with Gasteiger partial charge >= 0.3 is 0 Å². The fourth-order valence-electron chi connectivity index (χ4n) is 1.47. The zero-order valence-electron chi connectivity index (χ0n) is 7.31. The van der Waals surface area contributed by atoms with E-state index >= 15 is 0 Å². The van der Waals surface area contributed by atoms with Crippen molar-refractivity contribution in [2.45, 2.75) is 6.42 Å². The van der Waals surface area contributed by atoms with Crippen molar-refractivity contribution in [1.82, 2.24) is 10.2 Å². The molecule has 1 saturated heterocycles. The largest absolute Gasteiger partial charge is 0.370 e. The van der Waals surface area contributed by atoms with Gasteiger partial charge in [0.05, 0.1) is 0 Å². The van der Waals surface area contributed by atoms with Gasteiger partial charge in [-0.15, -0.1) is 10.2 Å². The number of hydrogen-bond acceptors (Lipinski definition) is 5. The van der Waals surface area contributed by atoms with E-state index in [0.29, 0.717) is 12.3 Å². The fourth-order valence-corrected chi connectivity index (χ4v) is 2.57. The van der Waals surface area contributed by atoms with Crippen LogP contribution < -0.4 is 10.6 Å². The monoisotopic (exact) mass is 276 g/mol. The van der Waals surface area contributed by atoms with Gasteiger partial charge in [-0.25, -0.2) is 0 Å². The van der Waals surface area contributed by atoms with Crippen molar-refractivity contribution in [1.29, 1.82) is 0 Å². The van der Waals surface area contributed by atoms with Crippen LogP contribution in [0.25, 0.3) is 0 Å². The Morgan fingerprint density at radius 1 is 1.64 bits per heavy atom. The summed E-state index contributed by atoms with van der Waals surface area (Å²) < 4.78 is 0.783. The van der Waals surface area contributed by atoms with Gasteiger partial charge < -0.3 is 10.6 Å². The third kappa shape index (κ3) is 2.03. The summed E-state index contributed by atoms with van der Waals surface area (Å²) in [4.78, 5) is 12.7. The predicted octanol–water partition coefficient (Wildman–Crippen LogP) is 0.612. The van der Waals surface area contributed by atoms with Crippen LogP contribution in [0.15, 0.2) is 3.92 Å². The number of nitrogens with zero attached hydrogens (tertiary/aromatic N) is 3. The lowest BCUT2D eigenvalue weighted by atomic mass is 9.97. The van der Waals surface area contributed by atoms with E-state index in [1.807, 2.05) is 0 Å². The predicted molar refractivity (Wildman–Crippen MR) is 57.1 cm³/mol. The van der Waals surface area contributed by atoms with E-state index in [9.17, 15) is 4.79 Å². The second-order valence-electron chi connectivity index (χ2n) is 3.28. The normalized spacial score (nSPS) is 16.8. The van der Waals surface area contributed by atoms with Gasteiger partial charge in [0, 0.05) is 25.4 Å². The number of aromatic nitrogens is 2. The number of rotatable bonds is 3. The Morgan fingerprint density at radius 2 is 2.36 bits per heavy atom. The number of hydrogen-bond donors (Lipinski definition) is 1. The number of primary amides is 1. The van der Waals surface area contributed by atoms with E-state index < -0.39 is 0 Å². The number of carbonyl (C=O) groups excluding carboxylic acids is 1. The average Bonchev–Trinajstić information content (AvgIpc) is 2.42. The quantitative estimate of drug-likeness (QED) is 0.878. The molecule has 1 aromatic heterocycles. The van der Waals surface area contributed by atoms with Crippen LogP contribution in [0.4, 0.5) is 5.13 Å². The van der Waals surface area contributed by atoms with E-state index in [1.165, 1.54) is 11.3 Å². The number of amides is 1. The molecule has 7 heteroatoms. The summed E-state index contributed by atoms with van der Waals surface area (Å²) in [6.45, 7) is 1.70. The molecule has 2 heterocycles. The topological polar surface area (TPSA) is 72.1 Å². The molecule has 0 saturated carbocycles. The van der Waals surface area contributed by atoms with E-state index in [2.05, 4.69) is 31.0 Å². The van der Waals surface area contributed by atoms with Gasteiger partial charge in [-0.2, -0.15) is 0 Å². The third-order valence-electron chi connectivity index (χ3n) is 2.11. The molecule has 1 aromatic rings. The van der Waals surface area contributed by atoms with Crippen molar-refractivity contribution in [3.63, 3.8) is 0 Å². The molecule has 2 rings (SSSR count). The summed E-state index contributed by atoms with van der Waals surface area (Å²) in [7, 11) is 0. The first kappa shape index (κ1) is 9.85. The Hall–Kier alpha value is -0.690. The standard InChI is InChI=1S/C7H9BrN4OS/c8-6-10-11-7(14-6)12-2-4(3-12)1-5(9)13/h4H,1-3H2,(H2,9,13). The van der Waals surface area contributed by atoms with E-state index in [-0.39, 0.29) is 5.91 Å². The second kappa shape index (κ2) is 3.82. The maximum atomic E-state index is 10.6. The maximum absolute atomic E-state index is 10.6. The lowest BCUT2D eigenvalue weighted by Crippen LogP contribution is -2.48. The van der Waals surface area contributed by atoms with Crippen molar-refractivity contribution in [2.75, 3.05) is 18.0 Å². The first-order valence-electron chi connectivity index (χ1n) is 4.17. The number of halogens is 1. The van der Waals surface area contributed by atoms with Gasteiger partial charge in [0.1, 0.15) is 0 Å². The maximum Gasteiger partial charge on any atom is 0.217 e. The van der Waals surface area contributed by atoms with E-state index in [4.69, 9.17) is 5.73 Å². The highest BCUT2D eigenvalue weighted by Crippen LogP contribution is 2.30. The molecule has 5 nitrogen and oxygen atoms in total. The minimum absolute atomic E-state index is 0.229. The van der Waals surface area contributed by atoms with Gasteiger partial charge in [0.15, 0.2) is 3.92 Å². The third-order valence-corrected chi connectivity index (χ3v) is 3.52. The van der Waals surface area contributed by atoms with Gasteiger partial charge in [-0.05, 0) is 15.9 Å². The highest BCUT2D eigenvalue weighted by molar-refractivity contribution is 9.11. The van der Waals surface area contributed by atoms with Gasteiger partial charge in [-0.3, -0.25) is 4.79 Å². The first-order valence-corrected chi connectivity index (χ1v) is 5.78. The number of nitrogens with two attached hydrogens (primary N) is 1. The summed E-state index contributed by atoms with van der Waals surface area (Å²) >= 11 is 4.75. The van der Waals surface area contributed by atoms with Crippen molar-refractivity contribution in [2.24, 2.45) is 11.7 Å². The average molecular weight is 277 g/mol. The van der Waals surface area contributed by atoms with Crippen LogP contribution in [0, 0.1) is 5.92 Å². The Labute approximate surface area is 93.4 Å². The molecule has 0 atom stereocenters. The smallest absolute Gasteiger partial charge is 0.217 e. The molecule has 14 heavy (non-hydrogen) atoms. The Kier molecular flexibility index (Phi) is 2.69. The van der Waals surface area contributed by atoms with Crippen LogP contribution in [0.1, 0.15) is 6.42 Å². The molecule has 1 fully saturated rings. The molecule has 0 bridgehead atoms. The molecule has 0 aliphatic carbocycles. The highest BCUT2D eigenvalue weighted by atomic mass is 79.9. The summed E-state index contributed by atoms with van der Waals surface area (Å²) in [6.07, 6.45) is 0.469. The number of anilines is 1. The van der Waals surface area contributed by atoms with Crippen LogP contribution in [0.3, 0.4) is 0 Å². The van der Waals surface area contributed by atoms with E-state index in [1.54, 1.807) is 0 Å². The zero-order valence-corrected chi connectivity index (χ0v) is 9.71. The minimum atomic E-state index is -0.229. The molecule has 2 N–H and O–H groups in total. The molecule has 0 spiro atoms. The van der Waals surface area contributed by atoms with E-state index in [0.717, 1.165) is 22.1 Å². The molecule has 0 aromatic carbocycles. The molecule has 1 amide bonds. The summed E-state index contributed by atoms with van der Waals surface area (Å²) in [6, 6.07) is 0. The molecule has 0 radical (unpaired) electrons. The Bertz CT molecular complexity index is 349. The zero-order chi connectivity index (χ0) is 10.1. The minimum Gasteiger partial charge on any atom is -0.370 e. The van der Waals surface area contributed by atoms with Crippen molar-refractivity contribution in [3.05, 3.63) is 3.92 Å². The van der Waals surface area contributed by atoms with Crippen LogP contribution in [0.2, 0.25) is 0 Å². The van der Waals surface area contributed by atoms with Crippen LogP contribution in [0.5, 0.6) is 0 Å². The van der Waals surface area contributed by atoms with Gasteiger partial charge in [-0.1, -0.05) is 11.3 Å². The molecule has 1 aliphatic heterocycles. The van der Waals surface area contributed by atoms with Crippen molar-refractivity contribution in [3.8, 4) is 0 Å². The Morgan fingerprint density at radius 3 is 2.86 bits per heavy atom. The van der Waals surface area contributed by atoms with Crippen LogP contribution >= 0.6 is 27.3 Å². The van der Waals surface area contributed by atoms with Gasteiger partial charge in [0.2, 0.25) is 11.0 Å². The summed E-state index contributed by atoms with van der Waals surface area (Å²) in [5.74, 6) is 0.156. The van der Waals surface area contributed by atoms with Gasteiger partial charge in [0.25, 0.3) is 0 Å². The molecular formula is C7H9BrN4OS. The molecular weight excluding hydrogens is 268 g/mol. The molecule has 1 aliphatic rings. The lowest BCUT2D eigenvalue weighted by molar-refractivity contribution is -0.119. The molecule has 76 valence electrons. The SMILES string of the molecule is NC(=O)CC1CN(c2nnc(Br)s2)C1. The van der Waals surface area contributed by atoms with Crippen LogP contribution in [-0.4, -0.2) is 29.2 Å². The summed E-state index contributed by atoms with van der Waals surface area (Å²) in [5, 5.41) is 8.74. The second-order valence-corrected chi connectivity index (χ2v) is 5.51. The Balaban J connectivity index is 1.86.